The summed E-state index contributed by atoms with van der Waals surface area (Å²) in [6.07, 6.45) is -1.37. The van der Waals surface area contributed by atoms with Crippen LogP contribution in [-0.4, -0.2) is 63.6 Å². The first-order valence-corrected chi connectivity index (χ1v) is 12.4. The summed E-state index contributed by atoms with van der Waals surface area (Å²) in [6, 6.07) is 12.9. The molecule has 8 nitrogen and oxygen atoms in total. The third-order valence-corrected chi connectivity index (χ3v) is 6.21. The molecular weight excluding hydrogens is 458 g/mol. The predicted octanol–water partition coefficient (Wildman–Crippen LogP) is 2.01. The Morgan fingerprint density at radius 2 is 1.88 bits per heavy atom. The largest absolute Gasteiger partial charge is 0.492 e. The number of benzene rings is 2. The third-order valence-electron chi connectivity index (χ3n) is 5.11. The third kappa shape index (κ3) is 6.89. The van der Waals surface area contributed by atoms with E-state index in [1.807, 2.05) is 30.3 Å². The van der Waals surface area contributed by atoms with Crippen molar-refractivity contribution in [3.8, 4) is 5.75 Å². The standard InChI is InChI=1S/C22H28ClNO7S/c1-29-22-20(26)13-19(25)21(31-22)15-5-8-18(23)16(12-15)11-14-3-6-17(7-4-14)30-10-9-24-32(2,27)28/h3-8,12,19-22,24-26H,9-11,13H2,1-2H3/t19-,20+,21+,22+/m1/s1. The minimum Gasteiger partial charge on any atom is -0.492 e. The lowest BCUT2D eigenvalue weighted by molar-refractivity contribution is -0.258. The number of aliphatic hydroxyl groups is 2. The number of methoxy groups -OCH3 is 1. The number of nitrogens with one attached hydrogen (secondary N) is 1. The van der Waals surface area contributed by atoms with Gasteiger partial charge in [-0.1, -0.05) is 35.9 Å². The molecule has 4 atom stereocenters. The molecule has 3 rings (SSSR count). The van der Waals surface area contributed by atoms with Crippen LogP contribution in [0.3, 0.4) is 0 Å². The Morgan fingerprint density at radius 1 is 1.16 bits per heavy atom. The molecule has 1 heterocycles. The van der Waals surface area contributed by atoms with E-state index >= 15 is 0 Å². The monoisotopic (exact) mass is 485 g/mol. The van der Waals surface area contributed by atoms with E-state index in [4.69, 9.17) is 25.8 Å². The van der Waals surface area contributed by atoms with E-state index < -0.39 is 34.6 Å². The molecule has 32 heavy (non-hydrogen) atoms. The van der Waals surface area contributed by atoms with Crippen LogP contribution in [0.5, 0.6) is 5.75 Å². The fraction of sp³-hybridized carbons (Fsp3) is 0.455. The topological polar surface area (TPSA) is 114 Å². The van der Waals surface area contributed by atoms with Crippen LogP contribution in [0.25, 0.3) is 0 Å². The normalized spacial score (nSPS) is 23.8. The van der Waals surface area contributed by atoms with Crippen molar-refractivity contribution in [1.29, 1.82) is 0 Å². The van der Waals surface area contributed by atoms with Gasteiger partial charge in [0.15, 0.2) is 6.29 Å². The zero-order chi connectivity index (χ0) is 23.3. The van der Waals surface area contributed by atoms with Crippen LogP contribution in [0, 0.1) is 0 Å². The Kier molecular flexibility index (Phi) is 8.51. The van der Waals surface area contributed by atoms with Gasteiger partial charge in [-0.3, -0.25) is 0 Å². The molecule has 0 aliphatic carbocycles. The molecule has 1 fully saturated rings. The molecule has 1 aliphatic heterocycles. The minimum absolute atomic E-state index is 0.155. The highest BCUT2D eigenvalue weighted by Gasteiger charge is 2.37. The van der Waals surface area contributed by atoms with E-state index in [0.717, 1.165) is 22.9 Å². The van der Waals surface area contributed by atoms with Crippen molar-refractivity contribution in [3.05, 3.63) is 64.2 Å². The van der Waals surface area contributed by atoms with Gasteiger partial charge in [0, 0.05) is 25.1 Å². The van der Waals surface area contributed by atoms with Crippen LogP contribution in [0.15, 0.2) is 42.5 Å². The smallest absolute Gasteiger partial charge is 0.208 e. The second kappa shape index (κ2) is 10.9. The molecule has 3 N–H and O–H groups in total. The average molecular weight is 486 g/mol. The summed E-state index contributed by atoms with van der Waals surface area (Å²) in [7, 11) is -1.78. The second-order valence-corrected chi connectivity index (χ2v) is 9.96. The Labute approximate surface area is 193 Å². The first kappa shape index (κ1) is 24.9. The van der Waals surface area contributed by atoms with Crippen molar-refractivity contribution in [3.63, 3.8) is 0 Å². The number of hydrogen-bond acceptors (Lipinski definition) is 7. The van der Waals surface area contributed by atoms with Gasteiger partial charge in [-0.2, -0.15) is 0 Å². The van der Waals surface area contributed by atoms with Gasteiger partial charge in [0.1, 0.15) is 24.6 Å². The van der Waals surface area contributed by atoms with E-state index in [9.17, 15) is 18.6 Å². The molecule has 2 aromatic rings. The zero-order valence-corrected chi connectivity index (χ0v) is 19.5. The van der Waals surface area contributed by atoms with Crippen LogP contribution in [0.1, 0.15) is 29.2 Å². The number of hydrogen-bond donors (Lipinski definition) is 3. The number of aliphatic hydroxyl groups excluding tert-OH is 2. The van der Waals surface area contributed by atoms with Gasteiger partial charge >= 0.3 is 0 Å². The van der Waals surface area contributed by atoms with E-state index in [2.05, 4.69) is 4.72 Å². The molecule has 2 aromatic carbocycles. The molecule has 1 aliphatic rings. The van der Waals surface area contributed by atoms with Crippen molar-refractivity contribution < 1.29 is 32.8 Å². The molecule has 0 amide bonds. The van der Waals surface area contributed by atoms with E-state index in [1.165, 1.54) is 7.11 Å². The number of rotatable bonds is 9. The van der Waals surface area contributed by atoms with Gasteiger partial charge in [0.2, 0.25) is 10.0 Å². The van der Waals surface area contributed by atoms with E-state index in [1.54, 1.807) is 12.1 Å². The van der Waals surface area contributed by atoms with E-state index in [-0.39, 0.29) is 19.6 Å². The summed E-state index contributed by atoms with van der Waals surface area (Å²) >= 11 is 6.40. The molecule has 0 unspecified atom stereocenters. The Balaban J connectivity index is 1.65. The molecule has 10 heteroatoms. The lowest BCUT2D eigenvalue weighted by Crippen LogP contribution is -2.43. The Morgan fingerprint density at radius 3 is 2.53 bits per heavy atom. The van der Waals surface area contributed by atoms with Gasteiger partial charge in [-0.25, -0.2) is 13.1 Å². The molecule has 1 saturated heterocycles. The van der Waals surface area contributed by atoms with Crippen LogP contribution in [0.4, 0.5) is 0 Å². The molecule has 176 valence electrons. The summed E-state index contributed by atoms with van der Waals surface area (Å²) in [5, 5.41) is 20.9. The van der Waals surface area contributed by atoms with Crippen molar-refractivity contribution in [1.82, 2.24) is 4.72 Å². The second-order valence-electron chi connectivity index (χ2n) is 7.72. The SMILES string of the molecule is CO[C@H]1O[C@@H](c2ccc(Cl)c(Cc3ccc(OCCNS(C)(=O)=O)cc3)c2)[C@H](O)C[C@@H]1O. The van der Waals surface area contributed by atoms with Crippen molar-refractivity contribution in [2.75, 3.05) is 26.5 Å². The maximum absolute atomic E-state index is 11.1. The van der Waals surface area contributed by atoms with E-state index in [0.29, 0.717) is 17.2 Å². The maximum atomic E-state index is 11.1. The summed E-state index contributed by atoms with van der Waals surface area (Å²) in [5.41, 5.74) is 2.62. The summed E-state index contributed by atoms with van der Waals surface area (Å²) in [4.78, 5) is 0. The van der Waals surface area contributed by atoms with Crippen LogP contribution in [0.2, 0.25) is 5.02 Å². The Hall–Kier alpha value is -1.72. The highest BCUT2D eigenvalue weighted by atomic mass is 35.5. The van der Waals surface area contributed by atoms with Crippen molar-refractivity contribution in [2.24, 2.45) is 0 Å². The minimum atomic E-state index is -3.23. The summed E-state index contributed by atoms with van der Waals surface area (Å²) < 4.78 is 40.9. The first-order chi connectivity index (χ1) is 15.2. The number of ether oxygens (including phenoxy) is 3. The highest BCUT2D eigenvalue weighted by Crippen LogP contribution is 2.34. The predicted molar refractivity (Wildman–Crippen MR) is 120 cm³/mol. The van der Waals surface area contributed by atoms with Crippen LogP contribution in [-0.2, 0) is 25.9 Å². The zero-order valence-electron chi connectivity index (χ0n) is 17.9. The lowest BCUT2D eigenvalue weighted by atomic mass is 9.94. The van der Waals surface area contributed by atoms with Crippen LogP contribution < -0.4 is 9.46 Å². The molecule has 0 bridgehead atoms. The van der Waals surface area contributed by atoms with Gasteiger partial charge < -0.3 is 24.4 Å². The fourth-order valence-electron chi connectivity index (χ4n) is 3.55. The molecule has 0 spiro atoms. The fourth-order valence-corrected chi connectivity index (χ4v) is 4.19. The lowest BCUT2D eigenvalue weighted by Gasteiger charge is -2.36. The molecule has 0 radical (unpaired) electrons. The maximum Gasteiger partial charge on any atom is 0.208 e. The van der Waals surface area contributed by atoms with Gasteiger partial charge in [-0.05, 0) is 41.3 Å². The van der Waals surface area contributed by atoms with Gasteiger partial charge in [-0.15, -0.1) is 0 Å². The average Bonchev–Trinajstić information content (AvgIpc) is 2.73. The summed E-state index contributed by atoms with van der Waals surface area (Å²) in [6.45, 7) is 0.417. The van der Waals surface area contributed by atoms with Crippen molar-refractivity contribution in [2.45, 2.75) is 37.4 Å². The summed E-state index contributed by atoms with van der Waals surface area (Å²) in [5.74, 6) is 0.631. The van der Waals surface area contributed by atoms with Gasteiger partial charge in [0.25, 0.3) is 0 Å². The number of halogens is 1. The highest BCUT2D eigenvalue weighted by molar-refractivity contribution is 7.88. The first-order valence-electron chi connectivity index (χ1n) is 10.2. The van der Waals surface area contributed by atoms with Gasteiger partial charge in [0.05, 0.1) is 12.4 Å². The molecular formula is C22H28ClNO7S. The molecule has 0 aromatic heterocycles. The van der Waals surface area contributed by atoms with Crippen LogP contribution >= 0.6 is 11.6 Å². The Bertz CT molecular complexity index is 1000. The number of sulfonamides is 1. The molecule has 0 saturated carbocycles. The van der Waals surface area contributed by atoms with Crippen molar-refractivity contribution >= 4 is 21.6 Å². The quantitative estimate of drug-likeness (QED) is 0.465.